The van der Waals surface area contributed by atoms with Crippen LogP contribution in [0.25, 0.3) is 21.3 Å². The molecule has 3 heterocycles. The van der Waals surface area contributed by atoms with Gasteiger partial charge in [-0.15, -0.1) is 11.3 Å². The molecule has 1 fully saturated rings. The van der Waals surface area contributed by atoms with Crippen molar-refractivity contribution in [2.24, 2.45) is 5.73 Å². The molecule has 7 nitrogen and oxygen atoms in total. The zero-order valence-electron chi connectivity index (χ0n) is 16.4. The summed E-state index contributed by atoms with van der Waals surface area (Å²) in [5.74, 6) is 0.0314. The Kier molecular flexibility index (Phi) is 5.29. The van der Waals surface area contributed by atoms with Crippen molar-refractivity contribution < 1.29 is 9.59 Å². The lowest BCUT2D eigenvalue weighted by molar-refractivity contribution is -0.118. The van der Waals surface area contributed by atoms with Crippen LogP contribution in [-0.2, 0) is 11.2 Å². The number of aromatic nitrogens is 2. The number of nitrogens with two attached hydrogens (primary N) is 1. The van der Waals surface area contributed by atoms with Gasteiger partial charge < -0.3 is 16.0 Å². The minimum atomic E-state index is -0.658. The number of amides is 1. The molecule has 1 aliphatic heterocycles. The maximum atomic E-state index is 12.0. The van der Waals surface area contributed by atoms with E-state index >= 15 is 0 Å². The number of benzene rings is 1. The molecule has 0 spiro atoms. The van der Waals surface area contributed by atoms with Crippen LogP contribution in [0.15, 0.2) is 30.3 Å². The van der Waals surface area contributed by atoms with Crippen molar-refractivity contribution in [3.05, 3.63) is 41.0 Å². The van der Waals surface area contributed by atoms with Crippen molar-refractivity contribution in [1.82, 2.24) is 15.3 Å². The molecular formula is C21H23N5O2S. The lowest BCUT2D eigenvalue weighted by atomic mass is 9.95. The lowest BCUT2D eigenvalue weighted by Crippen LogP contribution is -2.55. The van der Waals surface area contributed by atoms with Crippen molar-refractivity contribution in [2.45, 2.75) is 26.3 Å². The number of primary amides is 1. The number of carbonyl (C=O) groups is 2. The fraction of sp³-hybridized carbons (Fsp3) is 0.333. The van der Waals surface area contributed by atoms with Crippen LogP contribution < -0.4 is 16.0 Å². The number of aryl methyl sites for hydroxylation is 1. The van der Waals surface area contributed by atoms with Crippen LogP contribution in [0.5, 0.6) is 0 Å². The Morgan fingerprint density at radius 1 is 1.24 bits per heavy atom. The zero-order chi connectivity index (χ0) is 20.5. The van der Waals surface area contributed by atoms with Gasteiger partial charge in [0.05, 0.1) is 5.39 Å². The first-order valence-corrected chi connectivity index (χ1v) is 10.5. The maximum absolute atomic E-state index is 12.0. The minimum absolute atomic E-state index is 0.00200. The Morgan fingerprint density at radius 3 is 2.45 bits per heavy atom. The molecule has 29 heavy (non-hydrogen) atoms. The number of ketones is 1. The van der Waals surface area contributed by atoms with Gasteiger partial charge in [0.15, 0.2) is 5.78 Å². The monoisotopic (exact) mass is 409 g/mol. The molecule has 1 unspecified atom stereocenters. The topological polar surface area (TPSA) is 101 Å². The van der Waals surface area contributed by atoms with Crippen LogP contribution in [0.2, 0.25) is 0 Å². The summed E-state index contributed by atoms with van der Waals surface area (Å²) >= 11 is 1.53. The smallest absolute Gasteiger partial charge is 0.286 e. The van der Waals surface area contributed by atoms with E-state index in [1.54, 1.807) is 6.92 Å². The number of Topliss-reactive ketones (excluding diaryl/α,β-unsaturated/α-hetero) is 1. The quantitative estimate of drug-likeness (QED) is 0.537. The second kappa shape index (κ2) is 7.88. The Morgan fingerprint density at radius 2 is 1.93 bits per heavy atom. The molecule has 2 aliphatic carbocycles. The minimum Gasteiger partial charge on any atom is -0.363 e. The van der Waals surface area contributed by atoms with Gasteiger partial charge in [-0.3, -0.25) is 9.59 Å². The fourth-order valence-electron chi connectivity index (χ4n) is 3.44. The number of hydrogen-bond acceptors (Lipinski definition) is 7. The van der Waals surface area contributed by atoms with Gasteiger partial charge in [0, 0.05) is 24.5 Å². The van der Waals surface area contributed by atoms with Gasteiger partial charge in [-0.05, 0) is 30.5 Å². The molecule has 2 aromatic heterocycles. The summed E-state index contributed by atoms with van der Waals surface area (Å²) in [7, 11) is 0. The molecule has 150 valence electrons. The molecule has 1 atom stereocenters. The molecular weight excluding hydrogens is 386 g/mol. The van der Waals surface area contributed by atoms with E-state index in [1.165, 1.54) is 22.5 Å². The van der Waals surface area contributed by atoms with E-state index in [0.717, 1.165) is 28.1 Å². The van der Waals surface area contributed by atoms with Crippen LogP contribution in [0.1, 0.15) is 29.3 Å². The summed E-state index contributed by atoms with van der Waals surface area (Å²) in [6, 6.07) is 10.2. The Balaban J connectivity index is 0.000000286. The SMILES string of the molecule is CCc1cc2c(N3CCNCC3C(C)=O)nc(C(N)=O)nc2s1.c1cc2ccc1-2. The van der Waals surface area contributed by atoms with Crippen molar-refractivity contribution in [2.75, 3.05) is 24.5 Å². The first-order valence-electron chi connectivity index (χ1n) is 9.66. The van der Waals surface area contributed by atoms with Crippen LogP contribution in [0, 0.1) is 0 Å². The zero-order valence-corrected chi connectivity index (χ0v) is 17.3. The molecule has 1 amide bonds. The summed E-state index contributed by atoms with van der Waals surface area (Å²) in [4.78, 5) is 36.1. The van der Waals surface area contributed by atoms with Crippen molar-refractivity contribution in [3.8, 4) is 11.1 Å². The summed E-state index contributed by atoms with van der Waals surface area (Å²) in [5.41, 5.74) is 8.23. The lowest BCUT2D eigenvalue weighted by Gasteiger charge is -2.35. The van der Waals surface area contributed by atoms with Crippen molar-refractivity contribution >= 4 is 39.1 Å². The van der Waals surface area contributed by atoms with Gasteiger partial charge in [0.25, 0.3) is 5.91 Å². The van der Waals surface area contributed by atoms with E-state index in [1.807, 2.05) is 11.0 Å². The summed E-state index contributed by atoms with van der Waals surface area (Å²) in [6.07, 6.45) is 0.879. The highest BCUT2D eigenvalue weighted by molar-refractivity contribution is 7.18. The second-order valence-corrected chi connectivity index (χ2v) is 8.24. The number of nitrogens with one attached hydrogen (secondary N) is 1. The normalized spacial score (nSPS) is 16.9. The molecule has 5 rings (SSSR count). The number of thiophene rings is 1. The number of fused-ring (bicyclic) bond motifs is 2. The van der Waals surface area contributed by atoms with Gasteiger partial charge in [0.2, 0.25) is 5.82 Å². The van der Waals surface area contributed by atoms with E-state index in [-0.39, 0.29) is 17.6 Å². The van der Waals surface area contributed by atoms with Crippen molar-refractivity contribution in [3.63, 3.8) is 0 Å². The van der Waals surface area contributed by atoms with E-state index < -0.39 is 5.91 Å². The Hall–Kier alpha value is -2.84. The maximum Gasteiger partial charge on any atom is 0.286 e. The summed E-state index contributed by atoms with van der Waals surface area (Å²) in [6.45, 7) is 5.61. The molecule has 8 heteroatoms. The molecule has 0 saturated carbocycles. The highest BCUT2D eigenvalue weighted by atomic mass is 32.1. The number of carbonyl (C=O) groups excluding carboxylic acids is 2. The third kappa shape index (κ3) is 3.73. The largest absolute Gasteiger partial charge is 0.363 e. The Bertz CT molecular complexity index is 1060. The highest BCUT2D eigenvalue weighted by Crippen LogP contribution is 2.32. The number of anilines is 1. The van der Waals surface area contributed by atoms with Gasteiger partial charge in [-0.1, -0.05) is 31.2 Å². The predicted molar refractivity (Wildman–Crippen MR) is 115 cm³/mol. The number of nitrogens with zero attached hydrogens (tertiary/aromatic N) is 3. The molecule has 3 aliphatic rings. The van der Waals surface area contributed by atoms with Crippen LogP contribution in [0.3, 0.4) is 0 Å². The third-order valence-electron chi connectivity index (χ3n) is 5.20. The molecule has 0 bridgehead atoms. The standard InChI is InChI=1S/C15H19N5O2S.C6H4/c1-3-9-6-10-14(18-13(12(16)22)19-15(10)23-9)20-5-4-17-7-11(20)8(2)21;1-2-6-4-3-5(1)6/h6,11,17H,3-5,7H2,1-2H3,(H2,16,22);1-4H. The van der Waals surface area contributed by atoms with E-state index in [4.69, 9.17) is 5.73 Å². The average molecular weight is 410 g/mol. The number of piperazine rings is 1. The summed E-state index contributed by atoms with van der Waals surface area (Å²) in [5, 5.41) is 4.10. The molecule has 0 aromatic carbocycles. The van der Waals surface area contributed by atoms with E-state index in [9.17, 15) is 9.59 Å². The van der Waals surface area contributed by atoms with Gasteiger partial charge in [0.1, 0.15) is 16.7 Å². The second-order valence-electron chi connectivity index (χ2n) is 7.12. The molecule has 3 N–H and O–H groups in total. The van der Waals surface area contributed by atoms with Gasteiger partial charge >= 0.3 is 0 Å². The Labute approximate surface area is 173 Å². The number of rotatable bonds is 4. The fourth-order valence-corrected chi connectivity index (χ4v) is 4.41. The third-order valence-corrected chi connectivity index (χ3v) is 6.37. The number of hydrogen-bond donors (Lipinski definition) is 2. The highest BCUT2D eigenvalue weighted by Gasteiger charge is 2.29. The van der Waals surface area contributed by atoms with Crippen LogP contribution in [0.4, 0.5) is 5.82 Å². The van der Waals surface area contributed by atoms with Crippen molar-refractivity contribution in [1.29, 1.82) is 0 Å². The van der Waals surface area contributed by atoms with Gasteiger partial charge in [-0.2, -0.15) is 0 Å². The van der Waals surface area contributed by atoms with E-state index in [0.29, 0.717) is 18.9 Å². The average Bonchev–Trinajstić information content (AvgIpc) is 3.13. The summed E-state index contributed by atoms with van der Waals surface area (Å²) < 4.78 is 0. The molecule has 0 radical (unpaired) electrons. The first-order chi connectivity index (χ1) is 14.0. The molecule has 1 saturated heterocycles. The first kappa shape index (κ1) is 19.5. The molecule has 2 aromatic rings. The van der Waals surface area contributed by atoms with Crippen LogP contribution in [-0.4, -0.2) is 47.3 Å². The van der Waals surface area contributed by atoms with Crippen LogP contribution >= 0.6 is 11.3 Å². The van der Waals surface area contributed by atoms with Gasteiger partial charge in [-0.25, -0.2) is 9.97 Å². The predicted octanol–water partition coefficient (Wildman–Crippen LogP) is 2.39. The van der Waals surface area contributed by atoms with E-state index in [2.05, 4.69) is 46.5 Å².